The molecular formula is C10H10INO4. The van der Waals surface area contributed by atoms with Crippen molar-refractivity contribution in [2.75, 3.05) is 6.61 Å². The Morgan fingerprint density at radius 3 is 2.62 bits per heavy atom. The van der Waals surface area contributed by atoms with Crippen LogP contribution in [-0.4, -0.2) is 17.3 Å². The zero-order valence-corrected chi connectivity index (χ0v) is 11.0. The highest BCUT2D eigenvalue weighted by Gasteiger charge is 2.23. The number of nitro groups is 1. The van der Waals surface area contributed by atoms with Crippen LogP contribution in [0.5, 0.6) is 5.75 Å². The molecule has 0 aromatic heterocycles. The second kappa shape index (κ2) is 5.24. The van der Waals surface area contributed by atoms with Gasteiger partial charge in [-0.3, -0.25) is 14.9 Å². The van der Waals surface area contributed by atoms with Crippen LogP contribution in [0.3, 0.4) is 0 Å². The zero-order chi connectivity index (χ0) is 12.3. The summed E-state index contributed by atoms with van der Waals surface area (Å²) in [7, 11) is 0. The predicted molar refractivity (Wildman–Crippen MR) is 67.0 cm³/mol. The topological polar surface area (TPSA) is 69.4 Å². The maximum Gasteiger partial charge on any atom is 0.285 e. The number of benzene rings is 1. The Hall–Kier alpha value is -1.18. The van der Waals surface area contributed by atoms with Crippen LogP contribution in [0, 0.1) is 13.7 Å². The monoisotopic (exact) mass is 335 g/mol. The summed E-state index contributed by atoms with van der Waals surface area (Å²) >= 11 is 1.95. The Kier molecular flexibility index (Phi) is 4.22. The molecule has 0 atom stereocenters. The number of carbonyl (C=O) groups is 1. The SMILES string of the molecule is CCOc1cc(I)cc([N+](=O)[O-])c1C(C)=O. The fourth-order valence-electron chi connectivity index (χ4n) is 1.34. The molecule has 0 unspecified atom stereocenters. The lowest BCUT2D eigenvalue weighted by molar-refractivity contribution is -0.385. The third-order valence-corrected chi connectivity index (χ3v) is 2.52. The van der Waals surface area contributed by atoms with Crippen molar-refractivity contribution in [2.24, 2.45) is 0 Å². The van der Waals surface area contributed by atoms with Crippen LogP contribution in [0.15, 0.2) is 12.1 Å². The third kappa shape index (κ3) is 2.69. The Bertz CT molecular complexity index is 445. The molecule has 0 aliphatic rings. The Balaban J connectivity index is 3.47. The molecule has 0 fully saturated rings. The van der Waals surface area contributed by atoms with E-state index in [1.807, 2.05) is 22.6 Å². The summed E-state index contributed by atoms with van der Waals surface area (Å²) in [6, 6.07) is 2.98. The van der Waals surface area contributed by atoms with E-state index in [0.717, 1.165) is 0 Å². The minimum atomic E-state index is -0.568. The minimum absolute atomic E-state index is 0.0345. The van der Waals surface area contributed by atoms with E-state index in [4.69, 9.17) is 4.74 Å². The van der Waals surface area contributed by atoms with Crippen molar-refractivity contribution >= 4 is 34.1 Å². The highest BCUT2D eigenvalue weighted by molar-refractivity contribution is 14.1. The van der Waals surface area contributed by atoms with Crippen molar-refractivity contribution in [3.63, 3.8) is 0 Å². The van der Waals surface area contributed by atoms with Crippen LogP contribution in [0.2, 0.25) is 0 Å². The maximum atomic E-state index is 11.4. The van der Waals surface area contributed by atoms with Gasteiger partial charge in [-0.2, -0.15) is 0 Å². The Labute approximate surface area is 106 Å². The number of carbonyl (C=O) groups excluding carboxylic acids is 1. The van der Waals surface area contributed by atoms with Crippen molar-refractivity contribution in [3.8, 4) is 5.75 Å². The highest BCUT2D eigenvalue weighted by atomic mass is 127. The highest BCUT2D eigenvalue weighted by Crippen LogP contribution is 2.31. The lowest BCUT2D eigenvalue weighted by atomic mass is 10.1. The van der Waals surface area contributed by atoms with E-state index in [1.54, 1.807) is 13.0 Å². The zero-order valence-electron chi connectivity index (χ0n) is 8.82. The first-order valence-corrected chi connectivity index (χ1v) is 5.67. The number of nitrogens with zero attached hydrogens (tertiary/aromatic N) is 1. The van der Waals surface area contributed by atoms with Crippen LogP contribution in [0.4, 0.5) is 5.69 Å². The minimum Gasteiger partial charge on any atom is -0.493 e. The number of Topliss-reactive ketones (excluding diaryl/α,β-unsaturated/α-hetero) is 1. The van der Waals surface area contributed by atoms with Gasteiger partial charge in [0.2, 0.25) is 0 Å². The molecule has 16 heavy (non-hydrogen) atoms. The summed E-state index contributed by atoms with van der Waals surface area (Å²) in [6.45, 7) is 3.41. The molecule has 1 rings (SSSR count). The summed E-state index contributed by atoms with van der Waals surface area (Å²) in [5, 5.41) is 10.8. The third-order valence-electron chi connectivity index (χ3n) is 1.89. The van der Waals surface area contributed by atoms with Gasteiger partial charge in [0, 0.05) is 9.64 Å². The van der Waals surface area contributed by atoms with Gasteiger partial charge in [0.15, 0.2) is 5.78 Å². The van der Waals surface area contributed by atoms with Crippen LogP contribution < -0.4 is 4.74 Å². The van der Waals surface area contributed by atoms with E-state index in [2.05, 4.69) is 0 Å². The van der Waals surface area contributed by atoms with Crippen molar-refractivity contribution < 1.29 is 14.5 Å². The maximum absolute atomic E-state index is 11.4. The van der Waals surface area contributed by atoms with E-state index in [0.29, 0.717) is 10.2 Å². The van der Waals surface area contributed by atoms with Gasteiger partial charge in [-0.1, -0.05) is 0 Å². The number of nitro benzene ring substituents is 1. The van der Waals surface area contributed by atoms with Crippen LogP contribution >= 0.6 is 22.6 Å². The van der Waals surface area contributed by atoms with Gasteiger partial charge in [-0.15, -0.1) is 0 Å². The van der Waals surface area contributed by atoms with Crippen LogP contribution in [0.25, 0.3) is 0 Å². The molecule has 0 amide bonds. The van der Waals surface area contributed by atoms with Gasteiger partial charge in [-0.05, 0) is 42.5 Å². The van der Waals surface area contributed by atoms with Gasteiger partial charge < -0.3 is 4.74 Å². The first-order chi connectivity index (χ1) is 7.47. The smallest absolute Gasteiger partial charge is 0.285 e. The molecular weight excluding hydrogens is 325 g/mol. The van der Waals surface area contributed by atoms with Gasteiger partial charge in [0.05, 0.1) is 11.5 Å². The number of hydrogen-bond donors (Lipinski definition) is 0. The first kappa shape index (κ1) is 12.9. The Morgan fingerprint density at radius 2 is 2.19 bits per heavy atom. The number of halogens is 1. The van der Waals surface area contributed by atoms with Crippen molar-refractivity contribution in [1.29, 1.82) is 0 Å². The normalized spacial score (nSPS) is 9.94. The molecule has 0 radical (unpaired) electrons. The molecule has 0 aliphatic heterocycles. The van der Waals surface area contributed by atoms with Crippen molar-refractivity contribution in [1.82, 2.24) is 0 Å². The van der Waals surface area contributed by atoms with Crippen LogP contribution in [-0.2, 0) is 0 Å². The molecule has 0 saturated carbocycles. The molecule has 0 spiro atoms. The molecule has 0 aliphatic carbocycles. The average Bonchev–Trinajstić information content (AvgIpc) is 2.16. The van der Waals surface area contributed by atoms with E-state index in [9.17, 15) is 14.9 Å². The summed E-state index contributed by atoms with van der Waals surface area (Å²) in [4.78, 5) is 21.7. The summed E-state index contributed by atoms with van der Waals surface area (Å²) < 4.78 is 5.90. The Morgan fingerprint density at radius 1 is 1.56 bits per heavy atom. The van der Waals surface area contributed by atoms with E-state index >= 15 is 0 Å². The van der Waals surface area contributed by atoms with Crippen molar-refractivity contribution in [3.05, 3.63) is 31.4 Å². The largest absolute Gasteiger partial charge is 0.493 e. The average molecular weight is 335 g/mol. The molecule has 0 heterocycles. The summed E-state index contributed by atoms with van der Waals surface area (Å²) in [6.07, 6.45) is 0. The fraction of sp³-hybridized carbons (Fsp3) is 0.300. The second-order valence-corrected chi connectivity index (χ2v) is 4.29. The first-order valence-electron chi connectivity index (χ1n) is 4.59. The molecule has 1 aromatic rings. The molecule has 6 heteroatoms. The molecule has 86 valence electrons. The van der Waals surface area contributed by atoms with Gasteiger partial charge >= 0.3 is 0 Å². The number of ketones is 1. The molecule has 0 saturated heterocycles. The molecule has 0 bridgehead atoms. The molecule has 5 nitrogen and oxygen atoms in total. The van der Waals surface area contributed by atoms with E-state index < -0.39 is 4.92 Å². The fourth-order valence-corrected chi connectivity index (χ4v) is 1.91. The van der Waals surface area contributed by atoms with Gasteiger partial charge in [-0.25, -0.2) is 0 Å². The lowest BCUT2D eigenvalue weighted by Crippen LogP contribution is -2.05. The molecule has 0 N–H and O–H groups in total. The van der Waals surface area contributed by atoms with Gasteiger partial charge in [0.25, 0.3) is 5.69 Å². The summed E-state index contributed by atoms with van der Waals surface area (Å²) in [5.74, 6) is -0.0971. The van der Waals surface area contributed by atoms with Crippen LogP contribution in [0.1, 0.15) is 24.2 Å². The van der Waals surface area contributed by atoms with E-state index in [1.165, 1.54) is 13.0 Å². The van der Waals surface area contributed by atoms with E-state index in [-0.39, 0.29) is 22.8 Å². The quantitative estimate of drug-likeness (QED) is 0.367. The lowest BCUT2D eigenvalue weighted by Gasteiger charge is -2.08. The number of ether oxygens (including phenoxy) is 1. The number of hydrogen-bond acceptors (Lipinski definition) is 4. The summed E-state index contributed by atoms with van der Waals surface area (Å²) in [5.41, 5.74) is -0.171. The molecule has 1 aromatic carbocycles. The second-order valence-electron chi connectivity index (χ2n) is 3.04. The number of rotatable bonds is 4. The van der Waals surface area contributed by atoms with Gasteiger partial charge in [0.1, 0.15) is 11.3 Å². The van der Waals surface area contributed by atoms with Crippen molar-refractivity contribution in [2.45, 2.75) is 13.8 Å². The standard InChI is InChI=1S/C10H10INO4/c1-3-16-9-5-7(11)4-8(12(14)15)10(9)6(2)13/h4-5H,3H2,1-2H3. The predicted octanol–water partition coefficient (Wildman–Crippen LogP) is 2.80.